The zero-order valence-electron chi connectivity index (χ0n) is 18.3. The number of nitrogens with zero attached hydrogens (tertiary/aromatic N) is 1. The average Bonchev–Trinajstić information content (AvgIpc) is 2.82. The van der Waals surface area contributed by atoms with Gasteiger partial charge in [0.15, 0.2) is 17.6 Å². The first-order valence-corrected chi connectivity index (χ1v) is 10.4. The van der Waals surface area contributed by atoms with E-state index in [2.05, 4.69) is 0 Å². The van der Waals surface area contributed by atoms with E-state index in [-0.39, 0.29) is 12.3 Å². The highest BCUT2D eigenvalue weighted by atomic mass is 16.6. The van der Waals surface area contributed by atoms with Crippen LogP contribution in [0.25, 0.3) is 0 Å². The lowest BCUT2D eigenvalue weighted by Gasteiger charge is -2.39. The Labute approximate surface area is 186 Å². The van der Waals surface area contributed by atoms with Crippen molar-refractivity contribution in [3.05, 3.63) is 58.7 Å². The number of hydrogen-bond acceptors (Lipinski definition) is 7. The van der Waals surface area contributed by atoms with Crippen molar-refractivity contribution in [1.29, 1.82) is 0 Å². The number of methoxy groups -OCH3 is 3. The van der Waals surface area contributed by atoms with Gasteiger partial charge in [-0.25, -0.2) is 4.79 Å². The summed E-state index contributed by atoms with van der Waals surface area (Å²) in [4.78, 5) is 39.8. The molecule has 0 fully saturated rings. The van der Waals surface area contributed by atoms with E-state index in [4.69, 9.17) is 18.9 Å². The van der Waals surface area contributed by atoms with E-state index in [0.717, 1.165) is 16.7 Å². The third kappa shape index (κ3) is 3.88. The van der Waals surface area contributed by atoms with Crippen LogP contribution in [0.3, 0.4) is 0 Å². The number of carbonyl (C=O) groups excluding carboxylic acids is 3. The topological polar surface area (TPSA) is 91.4 Å². The molecule has 2 unspecified atom stereocenters. The summed E-state index contributed by atoms with van der Waals surface area (Å²) in [5, 5.41) is 0. The van der Waals surface area contributed by atoms with Crippen LogP contribution >= 0.6 is 0 Å². The molecular formula is C24H25NO7. The molecule has 2 aliphatic rings. The summed E-state index contributed by atoms with van der Waals surface area (Å²) in [6.45, 7) is 0.374. The average molecular weight is 439 g/mol. The van der Waals surface area contributed by atoms with E-state index in [9.17, 15) is 14.4 Å². The fourth-order valence-corrected chi connectivity index (χ4v) is 4.41. The molecule has 2 aliphatic heterocycles. The Morgan fingerprint density at radius 1 is 1.06 bits per heavy atom. The third-order valence-electron chi connectivity index (χ3n) is 6.04. The Hall–Kier alpha value is -3.55. The number of rotatable bonds is 5. The molecule has 0 radical (unpaired) electrons. The van der Waals surface area contributed by atoms with Gasteiger partial charge in [-0.1, -0.05) is 18.2 Å². The molecule has 168 valence electrons. The second-order valence-electron chi connectivity index (χ2n) is 7.74. The summed E-state index contributed by atoms with van der Waals surface area (Å²) in [5.74, 6) is -0.198. The van der Waals surface area contributed by atoms with E-state index in [0.29, 0.717) is 36.4 Å². The normalized spacial score (nSPS) is 19.3. The van der Waals surface area contributed by atoms with Crippen LogP contribution in [0.1, 0.15) is 39.5 Å². The molecule has 0 spiro atoms. The highest BCUT2D eigenvalue weighted by Crippen LogP contribution is 2.40. The minimum atomic E-state index is -0.945. The summed E-state index contributed by atoms with van der Waals surface area (Å²) in [6.07, 6.45) is -0.112. The van der Waals surface area contributed by atoms with Gasteiger partial charge < -0.3 is 23.8 Å². The van der Waals surface area contributed by atoms with Crippen LogP contribution in [0.5, 0.6) is 11.5 Å². The van der Waals surface area contributed by atoms with E-state index >= 15 is 0 Å². The van der Waals surface area contributed by atoms with Gasteiger partial charge >= 0.3 is 11.9 Å². The quantitative estimate of drug-likeness (QED) is 0.661. The smallest absolute Gasteiger partial charge is 0.339 e. The first-order valence-electron chi connectivity index (χ1n) is 10.4. The molecule has 8 heteroatoms. The number of benzene rings is 2. The molecular weight excluding hydrogens is 414 g/mol. The van der Waals surface area contributed by atoms with Crippen molar-refractivity contribution in [2.45, 2.75) is 31.4 Å². The molecule has 2 aromatic rings. The van der Waals surface area contributed by atoms with Crippen molar-refractivity contribution in [3.63, 3.8) is 0 Å². The summed E-state index contributed by atoms with van der Waals surface area (Å²) in [7, 11) is 4.40. The molecule has 2 aromatic carbocycles. The Morgan fingerprint density at radius 2 is 1.78 bits per heavy atom. The van der Waals surface area contributed by atoms with Gasteiger partial charge in [0, 0.05) is 13.0 Å². The summed E-state index contributed by atoms with van der Waals surface area (Å²) >= 11 is 0. The minimum Gasteiger partial charge on any atom is -0.493 e. The third-order valence-corrected chi connectivity index (χ3v) is 6.04. The zero-order chi connectivity index (χ0) is 22.8. The maximum absolute atomic E-state index is 13.5. The SMILES string of the molecule is COC(=O)CC1c2cc(OC)c(OC)cc2CCN1C(=O)C1Cc2ccccc2C(=O)O1. The molecule has 0 N–H and O–H groups in total. The van der Waals surface area contributed by atoms with Crippen LogP contribution < -0.4 is 9.47 Å². The fourth-order valence-electron chi connectivity index (χ4n) is 4.41. The molecule has 0 saturated heterocycles. The summed E-state index contributed by atoms with van der Waals surface area (Å²) in [6, 6.07) is 10.2. The number of carbonyl (C=O) groups is 3. The standard InChI is InChI=1S/C24H25NO7/c1-29-19-10-15-8-9-25(18(13-22(26)31-3)17(15)12-20(19)30-2)23(27)21-11-14-6-4-5-7-16(14)24(28)32-21/h4-7,10,12,18,21H,8-9,11,13H2,1-3H3. The van der Waals surface area contributed by atoms with Crippen molar-refractivity contribution in [1.82, 2.24) is 4.90 Å². The Balaban J connectivity index is 1.68. The van der Waals surface area contributed by atoms with Crippen molar-refractivity contribution < 1.29 is 33.3 Å². The minimum absolute atomic E-state index is 0.0258. The number of hydrogen-bond donors (Lipinski definition) is 0. The zero-order valence-corrected chi connectivity index (χ0v) is 18.3. The molecule has 8 nitrogen and oxygen atoms in total. The molecule has 0 saturated carbocycles. The van der Waals surface area contributed by atoms with E-state index in [1.54, 1.807) is 30.2 Å². The van der Waals surface area contributed by atoms with Gasteiger partial charge in [0.2, 0.25) is 0 Å². The number of esters is 2. The van der Waals surface area contributed by atoms with Crippen molar-refractivity contribution in [3.8, 4) is 11.5 Å². The first-order chi connectivity index (χ1) is 15.5. The second-order valence-corrected chi connectivity index (χ2v) is 7.74. The van der Waals surface area contributed by atoms with Gasteiger partial charge in [-0.3, -0.25) is 9.59 Å². The lowest BCUT2D eigenvalue weighted by molar-refractivity contribution is -0.148. The Bertz CT molecular complexity index is 1060. The van der Waals surface area contributed by atoms with E-state index in [1.807, 2.05) is 18.2 Å². The molecule has 0 aromatic heterocycles. The molecule has 2 atom stereocenters. The van der Waals surface area contributed by atoms with Crippen LogP contribution in [0.2, 0.25) is 0 Å². The van der Waals surface area contributed by atoms with Crippen LogP contribution in [0, 0.1) is 0 Å². The van der Waals surface area contributed by atoms with Crippen molar-refractivity contribution in [2.75, 3.05) is 27.9 Å². The van der Waals surface area contributed by atoms with Crippen LogP contribution in [0.4, 0.5) is 0 Å². The largest absolute Gasteiger partial charge is 0.493 e. The molecule has 1 amide bonds. The summed E-state index contributed by atoms with van der Waals surface area (Å²) < 4.78 is 21.2. The highest BCUT2D eigenvalue weighted by molar-refractivity contribution is 5.96. The lowest BCUT2D eigenvalue weighted by atomic mass is 9.89. The van der Waals surface area contributed by atoms with Gasteiger partial charge in [-0.15, -0.1) is 0 Å². The highest BCUT2D eigenvalue weighted by Gasteiger charge is 2.40. The molecule has 0 bridgehead atoms. The second kappa shape index (κ2) is 8.90. The van der Waals surface area contributed by atoms with Gasteiger partial charge in [0.05, 0.1) is 39.4 Å². The lowest BCUT2D eigenvalue weighted by Crippen LogP contribution is -2.48. The van der Waals surface area contributed by atoms with Crippen molar-refractivity contribution in [2.24, 2.45) is 0 Å². The van der Waals surface area contributed by atoms with Crippen LogP contribution in [0.15, 0.2) is 36.4 Å². The number of cyclic esters (lactones) is 1. The van der Waals surface area contributed by atoms with E-state index in [1.165, 1.54) is 14.2 Å². The fraction of sp³-hybridized carbons (Fsp3) is 0.375. The molecule has 2 heterocycles. The number of amides is 1. The Morgan fingerprint density at radius 3 is 2.50 bits per heavy atom. The van der Waals surface area contributed by atoms with Gasteiger partial charge in [0.1, 0.15) is 0 Å². The molecule has 32 heavy (non-hydrogen) atoms. The van der Waals surface area contributed by atoms with Crippen molar-refractivity contribution >= 4 is 17.8 Å². The molecule has 4 rings (SSSR count). The number of ether oxygens (including phenoxy) is 4. The monoisotopic (exact) mass is 439 g/mol. The predicted molar refractivity (Wildman–Crippen MR) is 114 cm³/mol. The Kier molecular flexibility index (Phi) is 6.03. The van der Waals surface area contributed by atoms with E-state index < -0.39 is 24.1 Å². The molecule has 0 aliphatic carbocycles. The summed E-state index contributed by atoms with van der Waals surface area (Å²) in [5.41, 5.74) is 3.00. The van der Waals surface area contributed by atoms with Crippen LogP contribution in [-0.2, 0) is 31.9 Å². The number of fused-ring (bicyclic) bond motifs is 2. The van der Waals surface area contributed by atoms with Gasteiger partial charge in [-0.05, 0) is 41.3 Å². The first kappa shape index (κ1) is 21.7. The van der Waals surface area contributed by atoms with Crippen LogP contribution in [-0.4, -0.2) is 56.7 Å². The maximum atomic E-state index is 13.5. The maximum Gasteiger partial charge on any atom is 0.339 e. The van der Waals surface area contributed by atoms with Gasteiger partial charge in [-0.2, -0.15) is 0 Å². The van der Waals surface area contributed by atoms with Gasteiger partial charge in [0.25, 0.3) is 5.91 Å². The predicted octanol–water partition coefficient (Wildman–Crippen LogP) is 2.47.